The van der Waals surface area contributed by atoms with Crippen LogP contribution in [-0.4, -0.2) is 50.8 Å². The Morgan fingerprint density at radius 1 is 1.24 bits per heavy atom. The standard InChI is InChI=1S/C14H28N2O/c1-16(10-11-17-12-13-6-7-13)9-3-5-14-4-2-8-15-14/h13-15H,2-12H2,1H3. The van der Waals surface area contributed by atoms with E-state index in [9.17, 15) is 0 Å². The van der Waals surface area contributed by atoms with Gasteiger partial charge in [-0.15, -0.1) is 0 Å². The minimum atomic E-state index is 0.800. The first-order valence-electron chi connectivity index (χ1n) is 7.34. The molecule has 1 aliphatic carbocycles. The Labute approximate surface area is 106 Å². The molecule has 2 rings (SSSR count). The highest BCUT2D eigenvalue weighted by molar-refractivity contribution is 4.74. The summed E-state index contributed by atoms with van der Waals surface area (Å²) in [6.45, 7) is 5.44. The predicted octanol–water partition coefficient (Wildman–Crippen LogP) is 1.88. The summed E-state index contributed by atoms with van der Waals surface area (Å²) in [6, 6.07) is 0.800. The van der Waals surface area contributed by atoms with E-state index in [0.717, 1.165) is 31.7 Å². The third-order valence-corrected chi connectivity index (χ3v) is 3.92. The smallest absolute Gasteiger partial charge is 0.0593 e. The number of likely N-dealkylation sites (N-methyl/N-ethyl adjacent to an activating group) is 1. The van der Waals surface area contributed by atoms with E-state index in [-0.39, 0.29) is 0 Å². The van der Waals surface area contributed by atoms with Gasteiger partial charge in [0.05, 0.1) is 6.61 Å². The molecule has 3 heteroatoms. The van der Waals surface area contributed by atoms with Gasteiger partial charge in [-0.2, -0.15) is 0 Å². The molecule has 100 valence electrons. The van der Waals surface area contributed by atoms with E-state index in [2.05, 4.69) is 17.3 Å². The Kier molecular flexibility index (Phi) is 5.75. The molecule has 3 nitrogen and oxygen atoms in total. The summed E-state index contributed by atoms with van der Waals surface area (Å²) in [4.78, 5) is 2.40. The van der Waals surface area contributed by atoms with Gasteiger partial charge < -0.3 is 15.0 Å². The van der Waals surface area contributed by atoms with Crippen LogP contribution in [0.1, 0.15) is 38.5 Å². The molecule has 0 spiro atoms. The Balaban J connectivity index is 1.38. The van der Waals surface area contributed by atoms with Crippen molar-refractivity contribution in [3.05, 3.63) is 0 Å². The van der Waals surface area contributed by atoms with Crippen molar-refractivity contribution in [1.29, 1.82) is 0 Å². The second-order valence-electron chi connectivity index (χ2n) is 5.76. The zero-order valence-electron chi connectivity index (χ0n) is 11.3. The number of nitrogens with one attached hydrogen (secondary N) is 1. The van der Waals surface area contributed by atoms with Crippen LogP contribution in [0.15, 0.2) is 0 Å². The summed E-state index contributed by atoms with van der Waals surface area (Å²) in [7, 11) is 2.21. The van der Waals surface area contributed by atoms with Crippen LogP contribution in [0, 0.1) is 5.92 Å². The summed E-state index contributed by atoms with van der Waals surface area (Å²) in [6.07, 6.45) is 8.20. The van der Waals surface area contributed by atoms with E-state index >= 15 is 0 Å². The fourth-order valence-electron chi connectivity index (χ4n) is 2.48. The maximum Gasteiger partial charge on any atom is 0.0593 e. The zero-order chi connectivity index (χ0) is 11.9. The molecule has 2 aliphatic rings. The van der Waals surface area contributed by atoms with Crippen molar-refractivity contribution in [2.45, 2.75) is 44.6 Å². The summed E-state index contributed by atoms with van der Waals surface area (Å²) in [5.74, 6) is 0.897. The molecular formula is C14H28N2O. The maximum absolute atomic E-state index is 5.65. The van der Waals surface area contributed by atoms with Gasteiger partial charge >= 0.3 is 0 Å². The van der Waals surface area contributed by atoms with Crippen molar-refractivity contribution in [2.24, 2.45) is 5.92 Å². The summed E-state index contributed by atoms with van der Waals surface area (Å²) in [5.41, 5.74) is 0. The summed E-state index contributed by atoms with van der Waals surface area (Å²) < 4.78 is 5.65. The van der Waals surface area contributed by atoms with E-state index in [1.54, 1.807) is 0 Å². The minimum Gasteiger partial charge on any atom is -0.380 e. The molecule has 0 amide bonds. The van der Waals surface area contributed by atoms with Gasteiger partial charge in [0.25, 0.3) is 0 Å². The number of nitrogens with zero attached hydrogens (tertiary/aromatic N) is 1. The van der Waals surface area contributed by atoms with Crippen LogP contribution in [0.25, 0.3) is 0 Å². The molecule has 1 aliphatic heterocycles. The molecule has 1 N–H and O–H groups in total. The van der Waals surface area contributed by atoms with Crippen LogP contribution in [0.5, 0.6) is 0 Å². The van der Waals surface area contributed by atoms with Crippen LogP contribution in [0.3, 0.4) is 0 Å². The SMILES string of the molecule is CN(CCCC1CCCN1)CCOCC1CC1. The average Bonchev–Trinajstić information content (AvgIpc) is 3.00. The summed E-state index contributed by atoms with van der Waals surface area (Å²) in [5, 5.41) is 3.56. The van der Waals surface area contributed by atoms with Gasteiger partial charge in [0.2, 0.25) is 0 Å². The zero-order valence-corrected chi connectivity index (χ0v) is 11.3. The van der Waals surface area contributed by atoms with Gasteiger partial charge in [0.1, 0.15) is 0 Å². The Bertz CT molecular complexity index is 200. The molecule has 0 aromatic heterocycles. The van der Waals surface area contributed by atoms with Crippen molar-refractivity contribution >= 4 is 0 Å². The predicted molar refractivity (Wildman–Crippen MR) is 71.3 cm³/mol. The molecule has 0 aromatic rings. The summed E-state index contributed by atoms with van der Waals surface area (Å²) >= 11 is 0. The molecule has 0 aromatic carbocycles. The molecule has 1 saturated carbocycles. The van der Waals surface area contributed by atoms with Crippen molar-refractivity contribution in [3.8, 4) is 0 Å². The Hall–Kier alpha value is -0.120. The van der Waals surface area contributed by atoms with Crippen LogP contribution in [0.2, 0.25) is 0 Å². The van der Waals surface area contributed by atoms with Gasteiger partial charge in [-0.3, -0.25) is 0 Å². The molecule has 17 heavy (non-hydrogen) atoms. The molecule has 1 heterocycles. The molecule has 0 radical (unpaired) electrons. The highest BCUT2D eigenvalue weighted by atomic mass is 16.5. The average molecular weight is 240 g/mol. The molecule has 2 fully saturated rings. The van der Waals surface area contributed by atoms with Crippen molar-refractivity contribution < 1.29 is 4.74 Å². The van der Waals surface area contributed by atoms with Gasteiger partial charge in [-0.1, -0.05) is 0 Å². The molecule has 1 unspecified atom stereocenters. The number of hydrogen-bond donors (Lipinski definition) is 1. The highest BCUT2D eigenvalue weighted by Crippen LogP contribution is 2.28. The number of hydrogen-bond acceptors (Lipinski definition) is 3. The van der Waals surface area contributed by atoms with E-state index in [1.807, 2.05) is 0 Å². The molecule has 0 bridgehead atoms. The van der Waals surface area contributed by atoms with E-state index in [0.29, 0.717) is 0 Å². The first-order valence-corrected chi connectivity index (χ1v) is 7.34. The topological polar surface area (TPSA) is 24.5 Å². The van der Waals surface area contributed by atoms with Crippen molar-refractivity contribution in [3.63, 3.8) is 0 Å². The monoisotopic (exact) mass is 240 g/mol. The van der Waals surface area contributed by atoms with Crippen molar-refractivity contribution in [1.82, 2.24) is 10.2 Å². The first kappa shape index (κ1) is 13.3. The van der Waals surface area contributed by atoms with Gasteiger partial charge in [0, 0.05) is 19.2 Å². The van der Waals surface area contributed by atoms with Gasteiger partial charge in [0.15, 0.2) is 0 Å². The van der Waals surface area contributed by atoms with Crippen LogP contribution >= 0.6 is 0 Å². The minimum absolute atomic E-state index is 0.800. The third-order valence-electron chi connectivity index (χ3n) is 3.92. The quantitative estimate of drug-likeness (QED) is 0.623. The van der Waals surface area contributed by atoms with E-state index in [1.165, 1.54) is 51.6 Å². The lowest BCUT2D eigenvalue weighted by molar-refractivity contribution is 0.103. The lowest BCUT2D eigenvalue weighted by Crippen LogP contribution is -2.27. The lowest BCUT2D eigenvalue weighted by atomic mass is 10.1. The largest absolute Gasteiger partial charge is 0.380 e. The molecule has 1 saturated heterocycles. The third kappa shape index (κ3) is 5.84. The normalized spacial score (nSPS) is 24.7. The molecule has 1 atom stereocenters. The van der Waals surface area contributed by atoms with Gasteiger partial charge in [-0.05, 0) is 64.6 Å². The van der Waals surface area contributed by atoms with E-state index in [4.69, 9.17) is 4.74 Å². The highest BCUT2D eigenvalue weighted by Gasteiger charge is 2.20. The Morgan fingerprint density at radius 3 is 2.82 bits per heavy atom. The van der Waals surface area contributed by atoms with Gasteiger partial charge in [-0.25, -0.2) is 0 Å². The second kappa shape index (κ2) is 7.34. The van der Waals surface area contributed by atoms with E-state index < -0.39 is 0 Å². The lowest BCUT2D eigenvalue weighted by Gasteiger charge is -2.18. The van der Waals surface area contributed by atoms with Crippen LogP contribution in [-0.2, 0) is 4.74 Å². The number of ether oxygens (including phenoxy) is 1. The maximum atomic E-state index is 5.65. The van der Waals surface area contributed by atoms with Crippen LogP contribution < -0.4 is 5.32 Å². The second-order valence-corrected chi connectivity index (χ2v) is 5.76. The van der Waals surface area contributed by atoms with Crippen molar-refractivity contribution in [2.75, 3.05) is 39.9 Å². The molecular weight excluding hydrogens is 212 g/mol. The Morgan fingerprint density at radius 2 is 2.12 bits per heavy atom. The fourth-order valence-corrected chi connectivity index (χ4v) is 2.48. The fraction of sp³-hybridized carbons (Fsp3) is 1.00. The first-order chi connectivity index (χ1) is 8.34. The number of rotatable bonds is 9. The van der Waals surface area contributed by atoms with Crippen LogP contribution in [0.4, 0.5) is 0 Å².